The third-order valence-corrected chi connectivity index (χ3v) is 20.7. The molecule has 3 fully saturated rings. The van der Waals surface area contributed by atoms with Gasteiger partial charge in [-0.2, -0.15) is 29.9 Å². The van der Waals surface area contributed by atoms with Gasteiger partial charge in [0.25, 0.3) is 0 Å². The number of hydrogen-bond donors (Lipinski definition) is 15. The monoisotopic (exact) mass is 1790 g/mol. The lowest BCUT2D eigenvalue weighted by molar-refractivity contribution is -0.155. The second-order valence-corrected chi connectivity index (χ2v) is 33.7. The van der Waals surface area contributed by atoms with E-state index in [1.54, 1.807) is 78.6 Å². The van der Waals surface area contributed by atoms with Crippen molar-refractivity contribution in [1.82, 2.24) is 78.9 Å². The number of fused-ring (bicyclic) bond motifs is 3. The molecule has 6 aromatic heterocycles. The number of anilines is 6. The molecule has 6 heterocycles. The van der Waals surface area contributed by atoms with Crippen molar-refractivity contribution in [3.63, 3.8) is 0 Å². The van der Waals surface area contributed by atoms with Gasteiger partial charge in [-0.15, -0.1) is 57.0 Å². The first-order valence-electron chi connectivity index (χ1n) is 38.2. The number of halogens is 3. The molecule has 6 aromatic rings. The number of nitrogen functional groups attached to an aromatic ring is 3. The van der Waals surface area contributed by atoms with Crippen LogP contribution < -0.4 is 70.7 Å². The highest BCUT2D eigenvalue weighted by atomic mass is 35.5. The summed E-state index contributed by atoms with van der Waals surface area (Å²) in [7, 11) is -11.3. The number of carbonyl (C=O) groups is 4. The van der Waals surface area contributed by atoms with Crippen LogP contribution >= 0.6 is 59.7 Å². The summed E-state index contributed by atoms with van der Waals surface area (Å²) in [5.41, 5.74) is 36.3. The van der Waals surface area contributed by atoms with Crippen LogP contribution in [-0.4, -0.2) is 231 Å². The fraction of sp³-hybridized carbons (Fsp3) is 0.643. The molecule has 3 aliphatic carbocycles. The zero-order chi connectivity index (χ0) is 85.4. The Labute approximate surface area is 708 Å². The molecule has 5 atom stereocenters. The van der Waals surface area contributed by atoms with Crippen molar-refractivity contribution < 1.29 is 80.6 Å². The second-order valence-electron chi connectivity index (χ2n) is 27.6. The van der Waals surface area contributed by atoms with E-state index in [4.69, 9.17) is 82.1 Å². The van der Waals surface area contributed by atoms with Gasteiger partial charge in [0, 0.05) is 45.3 Å². The minimum absolute atomic E-state index is 0. The van der Waals surface area contributed by atoms with Gasteiger partial charge in [-0.3, -0.25) is 32.9 Å². The topological polar surface area (TPSA) is 605 Å². The quantitative estimate of drug-likeness (QED) is 0.00629. The van der Waals surface area contributed by atoms with Crippen LogP contribution in [0.15, 0.2) is 56.9 Å². The summed E-state index contributed by atoms with van der Waals surface area (Å²) < 4.78 is 86.0. The molecule has 670 valence electrons. The van der Waals surface area contributed by atoms with Crippen LogP contribution in [0.2, 0.25) is 0 Å². The highest BCUT2D eigenvalue weighted by Gasteiger charge is 2.36. The summed E-state index contributed by atoms with van der Waals surface area (Å²) >= 11 is 0. The van der Waals surface area contributed by atoms with Gasteiger partial charge in [0.2, 0.25) is 32.7 Å². The molecule has 21 N–H and O–H groups in total. The highest BCUT2D eigenvalue weighted by Crippen LogP contribution is 2.40. The lowest BCUT2D eigenvalue weighted by atomic mass is 9.96. The molecule has 0 bridgehead atoms. The summed E-state index contributed by atoms with van der Waals surface area (Å²) in [5.74, 6) is -0.423. The predicted octanol–water partition coefficient (Wildman–Crippen LogP) is 6.61. The maximum absolute atomic E-state index is 13.9. The Kier molecular flexibility index (Phi) is 51.8. The standard InChI is InChI=1S/C25H39N8O6P.C21H35N8O6P.C11H17N6O4P.C7H15NO.2C3H9N.3ClH/c1-4-11-27-21-20-22(30-25(26)29-21)33(14-28-20)12-13-37-15-40(36,31-16(2)23(34)38-18-7-5-8-18)32-17(3)24(35)39-19-9-6-10-19;1-6-9-23-17-16-18(26-21(22)25-17)29(12-24-16)10-11-33-13-36(32,27-14(4)19(30)34-7-2)28-15(5)20(31)35-8-3;1-2-3-13-9-8-10(16-11(12)15-9)17(6-14-8)4-5-21-7-22(18,19)20;1-6(8)5-9-7-3-2-4-7;2*1-3(2)4;;;/h4,14,16-19H,1,5-13,15H2,2-3H3,(H2,31,32,36)(H3,26,27,29,30);6,12,14-15H,1,7-11,13H2,2-5H3,(H2,27,28,32)(H3,22,23,25,26);2,6H,1,3-5,7H2,(H2,18,19,20)(H3,12,13,15,16);6-7H,2-5,8H2,1H3;2*3H,4H2,1-2H3;3*1H/t16-,17-;14-,15-;;6-;;;;;/m00.0...../s1. The van der Waals surface area contributed by atoms with Gasteiger partial charge < -0.3 is 112 Å². The van der Waals surface area contributed by atoms with E-state index < -0.39 is 76.9 Å². The molecule has 0 aromatic carbocycles. The molecule has 3 saturated carbocycles. The number of nitrogens with one attached hydrogen (secondary N) is 7. The molecule has 48 heteroatoms. The number of esters is 4. The molecule has 3 aliphatic rings. The lowest BCUT2D eigenvalue weighted by Crippen LogP contribution is -2.44. The second kappa shape index (κ2) is 56.2. The number of nitrogens with zero attached hydrogens (tertiary/aromatic N) is 12. The SMILES string of the molecule is C=CCNc1nc(N)nc2c1ncn2CCOCP(=O)(N[C@@H](C)C(=O)OC1CCC1)N[C@@H](C)C(=O)OC1CCC1.C=CCNc1nc(N)nc2c1ncn2CCOCP(=O)(N[C@@H](C)C(=O)OCC)N[C@@H](C)C(=O)OCC.C=CCNc1nc(N)nc2c1ncn2CCOCP(=O)(O)O.CC(C)N.CC(C)N.C[C@H](N)COC1CCC1.Cl.Cl.Cl. The van der Waals surface area contributed by atoms with Gasteiger partial charge in [0.05, 0.1) is 64.7 Å². The number of ether oxygens (including phenoxy) is 8. The summed E-state index contributed by atoms with van der Waals surface area (Å²) in [5, 5.41) is 20.3. The Hall–Kier alpha value is -7.41. The average molecular weight is 1790 g/mol. The normalized spacial score (nSPS) is 14.5. The first-order chi connectivity index (χ1) is 54.5. The van der Waals surface area contributed by atoms with Crippen LogP contribution in [0.5, 0.6) is 0 Å². The number of imidazole rings is 3. The summed E-state index contributed by atoms with van der Waals surface area (Å²) in [6.07, 6.45) is 18.0. The maximum Gasteiger partial charge on any atom is 0.350 e. The number of nitrogens with two attached hydrogens (primary N) is 6. The van der Waals surface area contributed by atoms with Crippen molar-refractivity contribution in [3.05, 3.63) is 56.9 Å². The summed E-state index contributed by atoms with van der Waals surface area (Å²) in [6, 6.07) is -2.70. The van der Waals surface area contributed by atoms with Gasteiger partial charge in [0.15, 0.2) is 50.9 Å². The van der Waals surface area contributed by atoms with Gasteiger partial charge in [-0.25, -0.2) is 35.3 Å². The molecule has 0 aliphatic heterocycles. The van der Waals surface area contributed by atoms with Crippen LogP contribution in [-0.2, 0) is 90.4 Å². The Morgan fingerprint density at radius 3 is 1.01 bits per heavy atom. The first kappa shape index (κ1) is 109. The Morgan fingerprint density at radius 2 is 0.763 bits per heavy atom. The van der Waals surface area contributed by atoms with Gasteiger partial charge in [0.1, 0.15) is 55.4 Å². The van der Waals surface area contributed by atoms with Gasteiger partial charge in [-0.05, 0) is 118 Å². The van der Waals surface area contributed by atoms with E-state index in [1.165, 1.54) is 33.1 Å². The Bertz CT molecular complexity index is 4070. The maximum atomic E-state index is 13.9. The van der Waals surface area contributed by atoms with Crippen LogP contribution in [0.3, 0.4) is 0 Å². The minimum Gasteiger partial charge on any atom is -0.465 e. The van der Waals surface area contributed by atoms with Crippen molar-refractivity contribution in [3.8, 4) is 0 Å². The zero-order valence-corrected chi connectivity index (χ0v) is 74.4. The highest BCUT2D eigenvalue weighted by molar-refractivity contribution is 7.60. The third-order valence-electron chi connectivity index (χ3n) is 15.8. The Balaban J connectivity index is 0.000000813. The van der Waals surface area contributed by atoms with Crippen molar-refractivity contribution in [1.29, 1.82) is 0 Å². The summed E-state index contributed by atoms with van der Waals surface area (Å²) in [4.78, 5) is 105. The molecule has 9 rings (SSSR count). The van der Waals surface area contributed by atoms with E-state index >= 15 is 0 Å². The number of hydrogen-bond acceptors (Lipinski definition) is 33. The smallest absolute Gasteiger partial charge is 0.350 e. The summed E-state index contributed by atoms with van der Waals surface area (Å²) in [6.45, 7) is 34.1. The van der Waals surface area contributed by atoms with Crippen LogP contribution in [0.1, 0.15) is 134 Å². The van der Waals surface area contributed by atoms with Gasteiger partial charge in [-0.1, -0.05) is 45.9 Å². The molecule has 0 saturated heterocycles. The largest absolute Gasteiger partial charge is 0.465 e. The zero-order valence-electron chi connectivity index (χ0n) is 69.2. The van der Waals surface area contributed by atoms with E-state index in [0.717, 1.165) is 45.1 Å². The van der Waals surface area contributed by atoms with Crippen molar-refractivity contribution in [2.75, 3.05) is 111 Å². The van der Waals surface area contributed by atoms with E-state index in [2.05, 4.69) is 101 Å². The molecular formula is C70H127Cl3N25O17P3. The lowest BCUT2D eigenvalue weighted by Gasteiger charge is -2.30. The molecule has 118 heavy (non-hydrogen) atoms. The first-order valence-corrected chi connectivity index (χ1v) is 43.7. The number of carbonyl (C=O) groups excluding carboxylic acids is 4. The van der Waals surface area contributed by atoms with Crippen LogP contribution in [0.4, 0.5) is 35.3 Å². The van der Waals surface area contributed by atoms with E-state index in [-0.39, 0.29) is 119 Å². The van der Waals surface area contributed by atoms with Crippen molar-refractivity contribution in [2.24, 2.45) is 17.2 Å². The molecular weight excluding hydrogens is 1660 g/mol. The fourth-order valence-corrected chi connectivity index (χ4v) is 14.4. The molecule has 0 amide bonds. The molecule has 42 nitrogen and oxygen atoms in total. The van der Waals surface area contributed by atoms with Gasteiger partial charge >= 0.3 is 31.5 Å². The minimum atomic E-state index is -4.16. The fourth-order valence-electron chi connectivity index (χ4n) is 9.86. The van der Waals surface area contributed by atoms with Crippen molar-refractivity contribution in [2.45, 2.75) is 214 Å². The van der Waals surface area contributed by atoms with E-state index in [0.29, 0.717) is 108 Å². The third kappa shape index (κ3) is 40.3. The molecule has 0 radical (unpaired) electrons. The number of aromatic nitrogens is 12. The number of rotatable bonds is 43. The molecule has 0 spiro atoms. The van der Waals surface area contributed by atoms with Crippen LogP contribution in [0, 0.1) is 0 Å². The van der Waals surface area contributed by atoms with E-state index in [1.807, 2.05) is 34.6 Å². The average Bonchev–Trinajstić information content (AvgIpc) is 1.66. The predicted molar refractivity (Wildman–Crippen MR) is 464 cm³/mol. The van der Waals surface area contributed by atoms with Crippen LogP contribution in [0.25, 0.3) is 33.5 Å². The van der Waals surface area contributed by atoms with Crippen molar-refractivity contribution >= 4 is 152 Å². The van der Waals surface area contributed by atoms with E-state index in [9.17, 15) is 32.9 Å². The molecule has 0 unspecified atom stereocenters. The Morgan fingerprint density at radius 1 is 0.483 bits per heavy atom.